The number of fused-ring (bicyclic) bond motifs is 1. The number of hydrogen-bond acceptors (Lipinski definition) is 3. The van der Waals surface area contributed by atoms with Gasteiger partial charge in [0, 0.05) is 45.8 Å². The molecule has 0 saturated carbocycles. The zero-order valence-electron chi connectivity index (χ0n) is 16.5. The van der Waals surface area contributed by atoms with Crippen LogP contribution in [-0.2, 0) is 13.0 Å². The van der Waals surface area contributed by atoms with Crippen LogP contribution in [0.25, 0.3) is 0 Å². The molecule has 1 atom stereocenters. The van der Waals surface area contributed by atoms with Gasteiger partial charge < -0.3 is 15.5 Å². The molecule has 0 spiro atoms. The van der Waals surface area contributed by atoms with Crippen LogP contribution in [0, 0.1) is 0 Å². The van der Waals surface area contributed by atoms with Gasteiger partial charge in [-0.15, -0.1) is 0 Å². The number of benzene rings is 1. The van der Waals surface area contributed by atoms with Gasteiger partial charge in [0.2, 0.25) is 0 Å². The summed E-state index contributed by atoms with van der Waals surface area (Å²) in [5.74, 6) is 0.922. The van der Waals surface area contributed by atoms with Crippen LogP contribution in [0.15, 0.2) is 29.3 Å². The summed E-state index contributed by atoms with van der Waals surface area (Å²) in [7, 11) is 1.86. The Balaban J connectivity index is 1.38. The van der Waals surface area contributed by atoms with Crippen LogP contribution in [0.4, 0.5) is 0 Å². The smallest absolute Gasteiger partial charge is 0.191 e. The Kier molecular flexibility index (Phi) is 7.32. The number of rotatable bonds is 6. The van der Waals surface area contributed by atoms with Crippen LogP contribution >= 0.6 is 0 Å². The van der Waals surface area contributed by atoms with Crippen LogP contribution in [0.5, 0.6) is 0 Å². The number of aliphatic imine (C=N–C) groups is 1. The van der Waals surface area contributed by atoms with E-state index in [-0.39, 0.29) is 0 Å². The normalized spacial score (nSPS) is 20.5. The first-order valence-corrected chi connectivity index (χ1v) is 10.2. The van der Waals surface area contributed by atoms with E-state index in [4.69, 9.17) is 0 Å². The van der Waals surface area contributed by atoms with Crippen molar-refractivity contribution in [3.05, 3.63) is 35.4 Å². The summed E-state index contributed by atoms with van der Waals surface area (Å²) in [5.41, 5.74) is 2.99. The molecule has 1 fully saturated rings. The highest BCUT2D eigenvalue weighted by Gasteiger charge is 2.20. The van der Waals surface area contributed by atoms with Gasteiger partial charge in [0.05, 0.1) is 0 Å². The van der Waals surface area contributed by atoms with Gasteiger partial charge in [0.15, 0.2) is 5.96 Å². The van der Waals surface area contributed by atoms with E-state index in [2.05, 4.69) is 56.6 Å². The van der Waals surface area contributed by atoms with Gasteiger partial charge in [-0.05, 0) is 50.4 Å². The number of nitrogens with zero attached hydrogens (tertiary/aromatic N) is 3. The molecule has 1 saturated heterocycles. The quantitative estimate of drug-likeness (QED) is 0.604. The van der Waals surface area contributed by atoms with E-state index in [0.717, 1.165) is 45.1 Å². The second-order valence-corrected chi connectivity index (χ2v) is 7.62. The number of guanidine groups is 1. The highest BCUT2D eigenvalue weighted by Crippen LogP contribution is 2.19. The third kappa shape index (κ3) is 5.45. The van der Waals surface area contributed by atoms with E-state index in [1.165, 1.54) is 43.5 Å². The fourth-order valence-corrected chi connectivity index (χ4v) is 4.00. The van der Waals surface area contributed by atoms with E-state index in [1.54, 1.807) is 0 Å². The predicted molar refractivity (Wildman–Crippen MR) is 110 cm³/mol. The fraction of sp³-hybridized carbons (Fsp3) is 0.667. The van der Waals surface area contributed by atoms with Crippen molar-refractivity contribution in [2.24, 2.45) is 4.99 Å². The van der Waals surface area contributed by atoms with Gasteiger partial charge in [-0.1, -0.05) is 30.7 Å². The first-order chi connectivity index (χ1) is 12.8. The molecule has 5 heteroatoms. The Labute approximate surface area is 158 Å². The molecule has 0 aliphatic carbocycles. The van der Waals surface area contributed by atoms with Crippen LogP contribution < -0.4 is 10.6 Å². The van der Waals surface area contributed by atoms with Crippen molar-refractivity contribution in [2.75, 3.05) is 46.3 Å². The monoisotopic (exact) mass is 357 g/mol. The fourth-order valence-electron chi connectivity index (χ4n) is 4.00. The van der Waals surface area contributed by atoms with Gasteiger partial charge in [-0.3, -0.25) is 9.89 Å². The van der Waals surface area contributed by atoms with E-state index >= 15 is 0 Å². The lowest BCUT2D eigenvalue weighted by atomic mass is 9.99. The summed E-state index contributed by atoms with van der Waals surface area (Å²) in [5, 5.41) is 6.98. The molecule has 1 aromatic rings. The number of piperidine rings is 1. The first kappa shape index (κ1) is 19.2. The van der Waals surface area contributed by atoms with Crippen LogP contribution in [0.3, 0.4) is 0 Å². The summed E-state index contributed by atoms with van der Waals surface area (Å²) in [4.78, 5) is 9.50. The summed E-state index contributed by atoms with van der Waals surface area (Å²) < 4.78 is 0. The second-order valence-electron chi connectivity index (χ2n) is 7.62. The Bertz CT molecular complexity index is 580. The molecular formula is C21H35N5. The standard InChI is InChI=1S/C21H35N5/c1-18(26-14-10-19-8-4-5-9-20(19)17-26)16-24-21(22-2)23-11-15-25-12-6-3-7-13-25/h4-5,8-9,18H,3,6-7,10-17H2,1-2H3,(H2,22,23,24). The van der Waals surface area contributed by atoms with E-state index in [9.17, 15) is 0 Å². The molecule has 2 heterocycles. The minimum absolute atomic E-state index is 0.490. The average Bonchev–Trinajstić information content (AvgIpc) is 2.70. The van der Waals surface area contributed by atoms with Crippen LogP contribution in [0.2, 0.25) is 0 Å². The minimum atomic E-state index is 0.490. The number of nitrogens with one attached hydrogen (secondary N) is 2. The Hall–Kier alpha value is -1.59. The van der Waals surface area contributed by atoms with Crippen molar-refractivity contribution in [3.63, 3.8) is 0 Å². The maximum atomic E-state index is 4.38. The molecule has 3 rings (SSSR count). The molecule has 1 aromatic carbocycles. The lowest BCUT2D eigenvalue weighted by Gasteiger charge is -2.34. The molecule has 0 amide bonds. The Morgan fingerprint density at radius 1 is 1.08 bits per heavy atom. The van der Waals surface area contributed by atoms with Gasteiger partial charge in [-0.25, -0.2) is 0 Å². The lowest BCUT2D eigenvalue weighted by Crippen LogP contribution is -2.48. The van der Waals surface area contributed by atoms with Crippen LogP contribution in [0.1, 0.15) is 37.3 Å². The van der Waals surface area contributed by atoms with Crippen molar-refractivity contribution < 1.29 is 0 Å². The van der Waals surface area contributed by atoms with Gasteiger partial charge >= 0.3 is 0 Å². The Morgan fingerprint density at radius 2 is 1.85 bits per heavy atom. The van der Waals surface area contributed by atoms with Gasteiger partial charge in [0.1, 0.15) is 0 Å². The Morgan fingerprint density at radius 3 is 2.62 bits per heavy atom. The van der Waals surface area contributed by atoms with Crippen molar-refractivity contribution in [1.82, 2.24) is 20.4 Å². The third-order valence-corrected chi connectivity index (χ3v) is 5.74. The molecule has 2 aliphatic heterocycles. The second kappa shape index (κ2) is 9.93. The highest BCUT2D eigenvalue weighted by atomic mass is 15.2. The zero-order chi connectivity index (χ0) is 18.2. The SMILES string of the molecule is CN=C(NCCN1CCCCC1)NCC(C)N1CCc2ccccc2C1. The molecule has 2 aliphatic rings. The van der Waals surface area contributed by atoms with Crippen molar-refractivity contribution in [2.45, 2.75) is 45.2 Å². The molecule has 1 unspecified atom stereocenters. The van der Waals surface area contributed by atoms with Gasteiger partial charge in [0.25, 0.3) is 0 Å². The topological polar surface area (TPSA) is 42.9 Å². The third-order valence-electron chi connectivity index (χ3n) is 5.74. The summed E-state index contributed by atoms with van der Waals surface area (Å²) in [6.45, 7) is 10.0. The molecular weight excluding hydrogens is 322 g/mol. The maximum Gasteiger partial charge on any atom is 0.191 e. The number of hydrogen-bond donors (Lipinski definition) is 2. The number of likely N-dealkylation sites (tertiary alicyclic amines) is 1. The molecule has 144 valence electrons. The summed E-state index contributed by atoms with van der Waals surface area (Å²) in [6.07, 6.45) is 5.25. The first-order valence-electron chi connectivity index (χ1n) is 10.2. The van der Waals surface area contributed by atoms with Crippen molar-refractivity contribution in [3.8, 4) is 0 Å². The summed E-state index contributed by atoms with van der Waals surface area (Å²) >= 11 is 0. The largest absolute Gasteiger partial charge is 0.355 e. The highest BCUT2D eigenvalue weighted by molar-refractivity contribution is 5.79. The van der Waals surface area contributed by atoms with E-state index in [1.807, 2.05) is 7.05 Å². The maximum absolute atomic E-state index is 4.38. The molecule has 0 radical (unpaired) electrons. The lowest BCUT2D eigenvalue weighted by molar-refractivity contribution is 0.191. The zero-order valence-corrected chi connectivity index (χ0v) is 16.5. The minimum Gasteiger partial charge on any atom is -0.355 e. The van der Waals surface area contributed by atoms with Gasteiger partial charge in [-0.2, -0.15) is 0 Å². The van der Waals surface area contributed by atoms with Crippen molar-refractivity contribution >= 4 is 5.96 Å². The molecule has 26 heavy (non-hydrogen) atoms. The predicted octanol–water partition coefficient (Wildman–Crippen LogP) is 2.08. The molecule has 0 bridgehead atoms. The average molecular weight is 358 g/mol. The molecule has 0 aromatic heterocycles. The molecule has 2 N–H and O–H groups in total. The van der Waals surface area contributed by atoms with E-state index in [0.29, 0.717) is 6.04 Å². The van der Waals surface area contributed by atoms with Crippen LogP contribution in [-0.4, -0.2) is 68.1 Å². The van der Waals surface area contributed by atoms with Crippen molar-refractivity contribution in [1.29, 1.82) is 0 Å². The summed E-state index contributed by atoms with van der Waals surface area (Å²) in [6, 6.07) is 9.33. The van der Waals surface area contributed by atoms with E-state index < -0.39 is 0 Å². The molecule has 5 nitrogen and oxygen atoms in total.